The van der Waals surface area contributed by atoms with Crippen molar-refractivity contribution in [3.8, 4) is 5.88 Å². The smallest absolute Gasteiger partial charge is 0.226 e. The number of methoxy groups -OCH3 is 1. The lowest BCUT2D eigenvalue weighted by Crippen LogP contribution is -2.19. The van der Waals surface area contributed by atoms with Gasteiger partial charge in [0.15, 0.2) is 5.82 Å². The van der Waals surface area contributed by atoms with Gasteiger partial charge in [-0.05, 0) is 25.1 Å². The van der Waals surface area contributed by atoms with Crippen molar-refractivity contribution < 1.29 is 9.53 Å². The highest BCUT2D eigenvalue weighted by atomic mass is 16.5. The Kier molecular flexibility index (Phi) is 3.48. The van der Waals surface area contributed by atoms with E-state index < -0.39 is 0 Å². The minimum atomic E-state index is -0.00201. The summed E-state index contributed by atoms with van der Waals surface area (Å²) in [7, 11) is 1.58. The second-order valence-corrected chi connectivity index (χ2v) is 5.01. The van der Waals surface area contributed by atoms with Crippen molar-refractivity contribution in [2.75, 3.05) is 23.9 Å². The van der Waals surface area contributed by atoms with Crippen LogP contribution in [-0.2, 0) is 4.79 Å². The number of pyridine rings is 1. The van der Waals surface area contributed by atoms with Crippen LogP contribution < -0.4 is 15.0 Å². The van der Waals surface area contributed by atoms with Crippen LogP contribution in [0.2, 0.25) is 0 Å². The average Bonchev–Trinajstić information content (AvgIpc) is 2.66. The SMILES string of the molecule is COc1ccc2c(n1)N(c1ccc(C)cc1)CCC(=O)N2. The van der Waals surface area contributed by atoms with Crippen molar-refractivity contribution in [2.45, 2.75) is 13.3 Å². The van der Waals surface area contributed by atoms with Crippen molar-refractivity contribution in [3.05, 3.63) is 42.0 Å². The van der Waals surface area contributed by atoms with Crippen LogP contribution in [0.5, 0.6) is 5.88 Å². The van der Waals surface area contributed by atoms with Gasteiger partial charge in [0.2, 0.25) is 11.8 Å². The van der Waals surface area contributed by atoms with E-state index in [2.05, 4.69) is 22.4 Å². The Morgan fingerprint density at radius 3 is 2.67 bits per heavy atom. The summed E-state index contributed by atoms with van der Waals surface area (Å²) in [6.07, 6.45) is 0.423. The number of carbonyl (C=O) groups excluding carboxylic acids is 1. The molecular weight excluding hydrogens is 266 g/mol. The maximum Gasteiger partial charge on any atom is 0.226 e. The summed E-state index contributed by atoms with van der Waals surface area (Å²) >= 11 is 0. The Hall–Kier alpha value is -2.56. The van der Waals surface area contributed by atoms with Crippen molar-refractivity contribution in [1.82, 2.24) is 4.98 Å². The Morgan fingerprint density at radius 1 is 1.19 bits per heavy atom. The lowest BCUT2D eigenvalue weighted by Gasteiger charge is -2.23. The largest absolute Gasteiger partial charge is 0.481 e. The molecule has 1 amide bonds. The summed E-state index contributed by atoms with van der Waals surface area (Å²) in [5.41, 5.74) is 2.92. The number of rotatable bonds is 2. The predicted molar refractivity (Wildman–Crippen MR) is 82.2 cm³/mol. The number of fused-ring (bicyclic) bond motifs is 1. The van der Waals surface area contributed by atoms with Crippen LogP contribution in [0.4, 0.5) is 17.2 Å². The quantitative estimate of drug-likeness (QED) is 0.920. The number of hydrogen-bond donors (Lipinski definition) is 1. The normalized spacial score (nSPS) is 14.2. The Bertz CT molecular complexity index is 668. The third kappa shape index (κ3) is 2.67. The van der Waals surface area contributed by atoms with Crippen LogP contribution in [0.3, 0.4) is 0 Å². The highest BCUT2D eigenvalue weighted by Crippen LogP contribution is 2.34. The third-order valence-corrected chi connectivity index (χ3v) is 3.50. The van der Waals surface area contributed by atoms with Gasteiger partial charge in [-0.3, -0.25) is 4.79 Å². The van der Waals surface area contributed by atoms with Gasteiger partial charge in [-0.25, -0.2) is 0 Å². The second-order valence-electron chi connectivity index (χ2n) is 5.01. The van der Waals surface area contributed by atoms with E-state index in [0.717, 1.165) is 5.69 Å². The summed E-state index contributed by atoms with van der Waals surface area (Å²) in [6, 6.07) is 11.8. The fourth-order valence-corrected chi connectivity index (χ4v) is 2.36. The number of carbonyl (C=O) groups is 1. The first-order valence-electron chi connectivity index (χ1n) is 6.86. The highest BCUT2D eigenvalue weighted by molar-refractivity contribution is 5.96. The molecule has 1 aromatic heterocycles. The summed E-state index contributed by atoms with van der Waals surface area (Å²) in [6.45, 7) is 2.63. The fourth-order valence-electron chi connectivity index (χ4n) is 2.36. The molecule has 1 aliphatic heterocycles. The molecule has 0 fully saturated rings. The molecule has 0 saturated carbocycles. The van der Waals surface area contributed by atoms with Crippen LogP contribution in [0, 0.1) is 6.92 Å². The molecule has 1 aromatic carbocycles. The molecule has 1 N–H and O–H groups in total. The molecule has 0 aliphatic carbocycles. The molecule has 2 heterocycles. The molecule has 3 rings (SSSR count). The van der Waals surface area contributed by atoms with E-state index in [4.69, 9.17) is 4.74 Å². The summed E-state index contributed by atoms with van der Waals surface area (Å²) in [5.74, 6) is 1.24. The molecule has 5 nitrogen and oxygen atoms in total. The molecule has 2 aromatic rings. The van der Waals surface area contributed by atoms with Gasteiger partial charge in [-0.15, -0.1) is 0 Å². The molecule has 0 spiro atoms. The van der Waals surface area contributed by atoms with E-state index in [1.807, 2.05) is 30.0 Å². The first-order chi connectivity index (χ1) is 10.2. The van der Waals surface area contributed by atoms with Crippen molar-refractivity contribution in [1.29, 1.82) is 0 Å². The molecule has 108 valence electrons. The molecule has 5 heteroatoms. The van der Waals surface area contributed by atoms with E-state index >= 15 is 0 Å². The molecule has 21 heavy (non-hydrogen) atoms. The fraction of sp³-hybridized carbons (Fsp3) is 0.250. The number of ether oxygens (including phenoxy) is 1. The van der Waals surface area contributed by atoms with Crippen molar-refractivity contribution >= 4 is 23.1 Å². The van der Waals surface area contributed by atoms with Crippen molar-refractivity contribution in [3.63, 3.8) is 0 Å². The van der Waals surface area contributed by atoms with Gasteiger partial charge in [0.1, 0.15) is 0 Å². The lowest BCUT2D eigenvalue weighted by atomic mass is 10.2. The molecule has 0 unspecified atom stereocenters. The van der Waals surface area contributed by atoms with E-state index in [9.17, 15) is 4.79 Å². The number of nitrogens with zero attached hydrogens (tertiary/aromatic N) is 2. The number of anilines is 3. The van der Waals surface area contributed by atoms with Gasteiger partial charge < -0.3 is 15.0 Å². The predicted octanol–water partition coefficient (Wildman–Crippen LogP) is 2.88. The van der Waals surface area contributed by atoms with Gasteiger partial charge >= 0.3 is 0 Å². The lowest BCUT2D eigenvalue weighted by molar-refractivity contribution is -0.115. The van der Waals surface area contributed by atoms with Crippen LogP contribution in [0.1, 0.15) is 12.0 Å². The van der Waals surface area contributed by atoms with Gasteiger partial charge in [-0.2, -0.15) is 4.98 Å². The number of aryl methyl sites for hydroxylation is 1. The average molecular weight is 283 g/mol. The Morgan fingerprint density at radius 2 is 1.95 bits per heavy atom. The van der Waals surface area contributed by atoms with E-state index in [0.29, 0.717) is 30.4 Å². The summed E-state index contributed by atoms with van der Waals surface area (Å²) < 4.78 is 5.20. The second kappa shape index (κ2) is 5.44. The number of benzene rings is 1. The number of aromatic nitrogens is 1. The first kappa shape index (κ1) is 13.4. The Balaban J connectivity index is 2.08. The van der Waals surface area contributed by atoms with E-state index in [1.54, 1.807) is 13.2 Å². The molecule has 0 radical (unpaired) electrons. The monoisotopic (exact) mass is 283 g/mol. The highest BCUT2D eigenvalue weighted by Gasteiger charge is 2.22. The summed E-state index contributed by atoms with van der Waals surface area (Å²) in [4.78, 5) is 18.4. The van der Waals surface area contributed by atoms with Gasteiger partial charge in [0.05, 0.1) is 12.8 Å². The van der Waals surface area contributed by atoms with E-state index in [1.165, 1.54) is 5.56 Å². The minimum absolute atomic E-state index is 0.00201. The standard InChI is InChI=1S/C16H17N3O2/c1-11-3-5-12(6-4-11)19-10-9-14(20)17-13-7-8-15(21-2)18-16(13)19/h3-8H,9-10H2,1-2H3,(H,17,20). The molecule has 0 atom stereocenters. The van der Waals surface area contributed by atoms with E-state index in [-0.39, 0.29) is 5.91 Å². The van der Waals surface area contributed by atoms with Crippen LogP contribution in [0.15, 0.2) is 36.4 Å². The van der Waals surface area contributed by atoms with Gasteiger partial charge in [0, 0.05) is 24.7 Å². The first-order valence-corrected chi connectivity index (χ1v) is 6.86. The molecule has 0 bridgehead atoms. The number of amides is 1. The third-order valence-electron chi connectivity index (χ3n) is 3.50. The number of hydrogen-bond acceptors (Lipinski definition) is 4. The zero-order valence-electron chi connectivity index (χ0n) is 12.1. The topological polar surface area (TPSA) is 54.5 Å². The minimum Gasteiger partial charge on any atom is -0.481 e. The van der Waals surface area contributed by atoms with Crippen LogP contribution >= 0.6 is 0 Å². The van der Waals surface area contributed by atoms with Crippen LogP contribution in [0.25, 0.3) is 0 Å². The summed E-state index contributed by atoms with van der Waals surface area (Å²) in [5, 5.41) is 2.89. The zero-order chi connectivity index (χ0) is 14.8. The van der Waals surface area contributed by atoms with Gasteiger partial charge in [0.25, 0.3) is 0 Å². The molecule has 1 aliphatic rings. The number of nitrogens with one attached hydrogen (secondary N) is 1. The maximum atomic E-state index is 11.8. The molecular formula is C16H17N3O2. The van der Waals surface area contributed by atoms with Gasteiger partial charge in [-0.1, -0.05) is 17.7 Å². The van der Waals surface area contributed by atoms with Crippen molar-refractivity contribution in [2.24, 2.45) is 0 Å². The maximum absolute atomic E-state index is 11.8. The van der Waals surface area contributed by atoms with Crippen LogP contribution in [-0.4, -0.2) is 24.5 Å². The molecule has 0 saturated heterocycles. The zero-order valence-corrected chi connectivity index (χ0v) is 12.1. The Labute approximate surface area is 123 Å².